The maximum Gasteiger partial charge on any atom is 0.160 e. The Hall–Kier alpha value is -1.30. The van der Waals surface area contributed by atoms with Gasteiger partial charge in [-0.1, -0.05) is 6.07 Å². The summed E-state index contributed by atoms with van der Waals surface area (Å²) in [6.07, 6.45) is -2.46. The van der Waals surface area contributed by atoms with E-state index in [4.69, 9.17) is 5.73 Å². The van der Waals surface area contributed by atoms with Crippen molar-refractivity contribution in [2.24, 2.45) is 5.73 Å². The van der Waals surface area contributed by atoms with Gasteiger partial charge in [-0.3, -0.25) is 4.79 Å². The van der Waals surface area contributed by atoms with Crippen LogP contribution < -0.4 is 5.73 Å². The number of halogens is 1. The Bertz CT molecular complexity index is 395. The number of ketones is 1. The highest BCUT2D eigenvalue weighted by molar-refractivity contribution is 5.95. The Morgan fingerprint density at radius 3 is 2.62 bits per heavy atom. The molecule has 0 bridgehead atoms. The first kappa shape index (κ1) is 12.8. The Morgan fingerprint density at radius 2 is 2.12 bits per heavy atom. The fourth-order valence-electron chi connectivity index (χ4n) is 1.43. The van der Waals surface area contributed by atoms with E-state index in [2.05, 4.69) is 0 Å². The van der Waals surface area contributed by atoms with Crippen LogP contribution in [0.15, 0.2) is 18.2 Å². The predicted octanol–water partition coefficient (Wildman–Crippen LogP) is 0.381. The van der Waals surface area contributed by atoms with E-state index in [1.165, 1.54) is 13.0 Å². The van der Waals surface area contributed by atoms with Gasteiger partial charge in [0.25, 0.3) is 0 Å². The van der Waals surface area contributed by atoms with Crippen LogP contribution in [0.4, 0.5) is 4.39 Å². The average molecular weight is 227 g/mol. The number of aliphatic hydroxyl groups excluding tert-OH is 2. The van der Waals surface area contributed by atoms with Gasteiger partial charge in [0, 0.05) is 12.1 Å². The van der Waals surface area contributed by atoms with Crippen molar-refractivity contribution >= 4 is 5.78 Å². The monoisotopic (exact) mass is 227 g/mol. The second kappa shape index (κ2) is 5.16. The zero-order valence-electron chi connectivity index (χ0n) is 8.85. The highest BCUT2D eigenvalue weighted by atomic mass is 19.1. The molecule has 88 valence electrons. The van der Waals surface area contributed by atoms with Crippen LogP contribution in [0.2, 0.25) is 0 Å². The zero-order chi connectivity index (χ0) is 12.3. The van der Waals surface area contributed by atoms with Crippen molar-refractivity contribution in [2.45, 2.75) is 19.1 Å². The first-order valence-electron chi connectivity index (χ1n) is 4.84. The third-order valence-electron chi connectivity index (χ3n) is 2.32. The van der Waals surface area contributed by atoms with Gasteiger partial charge in [0.05, 0.1) is 6.10 Å². The number of hydrogen-bond acceptors (Lipinski definition) is 4. The van der Waals surface area contributed by atoms with Gasteiger partial charge in [0.1, 0.15) is 11.9 Å². The van der Waals surface area contributed by atoms with Gasteiger partial charge in [-0.2, -0.15) is 0 Å². The summed E-state index contributed by atoms with van der Waals surface area (Å²) < 4.78 is 12.9. The number of carbonyl (C=O) groups excluding carboxylic acids is 1. The van der Waals surface area contributed by atoms with Crippen LogP contribution >= 0.6 is 0 Å². The van der Waals surface area contributed by atoms with Crippen LogP contribution in [0, 0.1) is 5.82 Å². The minimum atomic E-state index is -1.29. The number of hydrogen-bond donors (Lipinski definition) is 3. The molecule has 2 atom stereocenters. The van der Waals surface area contributed by atoms with Crippen molar-refractivity contribution in [1.29, 1.82) is 0 Å². The van der Waals surface area contributed by atoms with E-state index in [-0.39, 0.29) is 23.5 Å². The molecule has 0 aliphatic heterocycles. The van der Waals surface area contributed by atoms with Gasteiger partial charge < -0.3 is 15.9 Å². The van der Waals surface area contributed by atoms with E-state index in [9.17, 15) is 19.4 Å². The van der Waals surface area contributed by atoms with Gasteiger partial charge in [-0.05, 0) is 24.6 Å². The fourth-order valence-corrected chi connectivity index (χ4v) is 1.43. The molecule has 0 aliphatic rings. The summed E-state index contributed by atoms with van der Waals surface area (Å²) in [5, 5.41) is 19.1. The summed E-state index contributed by atoms with van der Waals surface area (Å²) in [6.45, 7) is 1.12. The number of carbonyl (C=O) groups is 1. The number of nitrogens with two attached hydrogens (primary N) is 1. The minimum absolute atomic E-state index is 0.0556. The summed E-state index contributed by atoms with van der Waals surface area (Å²) in [4.78, 5) is 11.2. The maximum absolute atomic E-state index is 12.9. The summed E-state index contributed by atoms with van der Waals surface area (Å²) >= 11 is 0. The molecule has 2 unspecified atom stereocenters. The first-order valence-corrected chi connectivity index (χ1v) is 4.84. The second-order valence-corrected chi connectivity index (χ2v) is 3.54. The topological polar surface area (TPSA) is 83.5 Å². The summed E-state index contributed by atoms with van der Waals surface area (Å²) in [5.74, 6) is -0.943. The average Bonchev–Trinajstić information content (AvgIpc) is 2.26. The molecule has 0 spiro atoms. The van der Waals surface area contributed by atoms with Gasteiger partial charge in [0.2, 0.25) is 0 Å². The van der Waals surface area contributed by atoms with Crippen LogP contribution in [0.25, 0.3) is 0 Å². The fraction of sp³-hybridized carbons (Fsp3) is 0.364. The van der Waals surface area contributed by atoms with E-state index in [1.807, 2.05) is 0 Å². The van der Waals surface area contributed by atoms with Crippen molar-refractivity contribution in [3.63, 3.8) is 0 Å². The quantitative estimate of drug-likeness (QED) is 0.649. The summed E-state index contributed by atoms with van der Waals surface area (Å²) in [5.41, 5.74) is 5.44. The molecule has 0 aliphatic carbocycles. The third kappa shape index (κ3) is 2.63. The molecule has 0 heterocycles. The largest absolute Gasteiger partial charge is 0.389 e. The molecular weight excluding hydrogens is 213 g/mol. The standard InChI is InChI=1S/C11H14FNO3/c1-6(14)9-4-7(12)2-3-8(9)11(16)10(15)5-13/h2-4,10-11,15-16H,5,13H2,1H3. The predicted molar refractivity (Wildman–Crippen MR) is 56.4 cm³/mol. The highest BCUT2D eigenvalue weighted by Gasteiger charge is 2.21. The Kier molecular flexibility index (Phi) is 4.12. The summed E-state index contributed by atoms with van der Waals surface area (Å²) in [6, 6.07) is 3.42. The normalized spacial score (nSPS) is 14.6. The van der Waals surface area contributed by atoms with Gasteiger partial charge >= 0.3 is 0 Å². The number of benzene rings is 1. The molecular formula is C11H14FNO3. The Balaban J connectivity index is 3.17. The van der Waals surface area contributed by atoms with Crippen LogP contribution in [0.3, 0.4) is 0 Å². The molecule has 0 saturated heterocycles. The smallest absolute Gasteiger partial charge is 0.160 e. The van der Waals surface area contributed by atoms with Crippen LogP contribution in [0.5, 0.6) is 0 Å². The van der Waals surface area contributed by atoms with Crippen molar-refractivity contribution in [3.8, 4) is 0 Å². The van der Waals surface area contributed by atoms with Gasteiger partial charge in [-0.25, -0.2) is 4.39 Å². The van der Waals surface area contributed by atoms with Crippen molar-refractivity contribution in [2.75, 3.05) is 6.54 Å². The lowest BCUT2D eigenvalue weighted by atomic mass is 9.96. The third-order valence-corrected chi connectivity index (χ3v) is 2.32. The lowest BCUT2D eigenvalue weighted by Crippen LogP contribution is -2.28. The van der Waals surface area contributed by atoms with E-state index in [1.54, 1.807) is 0 Å². The van der Waals surface area contributed by atoms with E-state index < -0.39 is 18.0 Å². The van der Waals surface area contributed by atoms with E-state index >= 15 is 0 Å². The molecule has 0 radical (unpaired) electrons. The van der Waals surface area contributed by atoms with Crippen molar-refractivity contribution < 1.29 is 19.4 Å². The molecule has 4 N–H and O–H groups in total. The van der Waals surface area contributed by atoms with E-state index in [0.717, 1.165) is 12.1 Å². The second-order valence-electron chi connectivity index (χ2n) is 3.54. The molecule has 1 aromatic carbocycles. The number of Topliss-reactive ketones (excluding diaryl/α,β-unsaturated/α-hetero) is 1. The zero-order valence-corrected chi connectivity index (χ0v) is 8.85. The van der Waals surface area contributed by atoms with Gasteiger partial charge in [0.15, 0.2) is 5.78 Å². The highest BCUT2D eigenvalue weighted by Crippen LogP contribution is 2.22. The van der Waals surface area contributed by atoms with Crippen molar-refractivity contribution in [1.82, 2.24) is 0 Å². The molecule has 1 aromatic rings. The minimum Gasteiger partial charge on any atom is -0.389 e. The molecule has 0 saturated carbocycles. The molecule has 0 fully saturated rings. The molecule has 0 amide bonds. The maximum atomic E-state index is 12.9. The van der Waals surface area contributed by atoms with Gasteiger partial charge in [-0.15, -0.1) is 0 Å². The number of aliphatic hydroxyl groups is 2. The SMILES string of the molecule is CC(=O)c1cc(F)ccc1C(O)C(O)CN. The Labute approximate surface area is 92.5 Å². The molecule has 5 heteroatoms. The first-order chi connectivity index (χ1) is 7.47. The Morgan fingerprint density at radius 1 is 1.50 bits per heavy atom. The number of rotatable bonds is 4. The molecule has 4 nitrogen and oxygen atoms in total. The van der Waals surface area contributed by atoms with Crippen LogP contribution in [-0.2, 0) is 0 Å². The lowest BCUT2D eigenvalue weighted by Gasteiger charge is -2.18. The lowest BCUT2D eigenvalue weighted by molar-refractivity contribution is 0.0238. The summed E-state index contributed by atoms with van der Waals surface area (Å²) in [7, 11) is 0. The molecule has 1 rings (SSSR count). The van der Waals surface area contributed by atoms with E-state index in [0.29, 0.717) is 0 Å². The van der Waals surface area contributed by atoms with Crippen LogP contribution in [0.1, 0.15) is 28.9 Å². The van der Waals surface area contributed by atoms with Crippen LogP contribution in [-0.4, -0.2) is 28.6 Å². The molecule has 16 heavy (non-hydrogen) atoms. The molecule has 0 aromatic heterocycles. The van der Waals surface area contributed by atoms with Crippen molar-refractivity contribution in [3.05, 3.63) is 35.1 Å².